The number of esters is 1. The molecule has 0 spiro atoms. The van der Waals surface area contributed by atoms with E-state index in [0.717, 1.165) is 0 Å². The molecule has 1 N–H and O–H groups in total. The van der Waals surface area contributed by atoms with Gasteiger partial charge in [-0.1, -0.05) is 0 Å². The maximum atomic E-state index is 11.2. The monoisotopic (exact) mass is 210 g/mol. The van der Waals surface area contributed by atoms with E-state index < -0.39 is 0 Å². The Morgan fingerprint density at radius 2 is 2.27 bits per heavy atom. The standard InChI is InChI=1S/C10H14N2O3/c1-3-15-10(13)7-12-6-8(14-2)4-5-9(12)11/h4-6,11H,3,7H2,1-2H3. The smallest absolute Gasteiger partial charge is 0.326 e. The molecule has 0 aliphatic rings. The van der Waals surface area contributed by atoms with Gasteiger partial charge in [-0.2, -0.15) is 0 Å². The van der Waals surface area contributed by atoms with Crippen molar-refractivity contribution >= 4 is 5.97 Å². The largest absolute Gasteiger partial charge is 0.495 e. The highest BCUT2D eigenvalue weighted by Crippen LogP contribution is 2.04. The highest BCUT2D eigenvalue weighted by molar-refractivity contribution is 5.69. The summed E-state index contributed by atoms with van der Waals surface area (Å²) in [6.45, 7) is 2.12. The molecule has 0 aliphatic carbocycles. The first-order chi connectivity index (χ1) is 7.17. The highest BCUT2D eigenvalue weighted by Gasteiger charge is 2.04. The van der Waals surface area contributed by atoms with Gasteiger partial charge in [0.15, 0.2) is 0 Å². The summed E-state index contributed by atoms with van der Waals surface area (Å²) in [6, 6.07) is 3.24. The first-order valence-corrected chi connectivity index (χ1v) is 4.62. The van der Waals surface area contributed by atoms with Gasteiger partial charge in [-0.25, -0.2) is 0 Å². The Morgan fingerprint density at radius 3 is 2.87 bits per heavy atom. The molecular formula is C10H14N2O3. The third-order valence-electron chi connectivity index (χ3n) is 1.84. The molecule has 0 atom stereocenters. The molecule has 5 nitrogen and oxygen atoms in total. The summed E-state index contributed by atoms with van der Waals surface area (Å²) in [5.41, 5.74) is 0.240. The molecule has 0 fully saturated rings. The molecule has 1 rings (SSSR count). The molecule has 0 aromatic carbocycles. The van der Waals surface area contributed by atoms with Crippen LogP contribution in [0, 0.1) is 5.41 Å². The van der Waals surface area contributed by atoms with Gasteiger partial charge in [0.25, 0.3) is 0 Å². The van der Waals surface area contributed by atoms with Gasteiger partial charge in [-0.05, 0) is 19.1 Å². The van der Waals surface area contributed by atoms with Crippen molar-refractivity contribution in [1.82, 2.24) is 4.57 Å². The van der Waals surface area contributed by atoms with E-state index >= 15 is 0 Å². The maximum absolute atomic E-state index is 11.2. The van der Waals surface area contributed by atoms with Crippen molar-refractivity contribution in [3.05, 3.63) is 23.8 Å². The molecular weight excluding hydrogens is 196 g/mol. The van der Waals surface area contributed by atoms with E-state index in [-0.39, 0.29) is 18.0 Å². The number of pyridine rings is 1. The zero-order chi connectivity index (χ0) is 11.3. The minimum absolute atomic E-state index is 0.0316. The molecule has 0 saturated heterocycles. The van der Waals surface area contributed by atoms with Crippen LogP contribution >= 0.6 is 0 Å². The van der Waals surface area contributed by atoms with Gasteiger partial charge in [0.2, 0.25) is 0 Å². The van der Waals surface area contributed by atoms with E-state index in [1.165, 1.54) is 11.7 Å². The van der Waals surface area contributed by atoms with Crippen LogP contribution in [0.3, 0.4) is 0 Å². The Hall–Kier alpha value is -1.78. The van der Waals surface area contributed by atoms with E-state index in [1.54, 1.807) is 25.3 Å². The van der Waals surface area contributed by atoms with Crippen LogP contribution in [0.25, 0.3) is 0 Å². The van der Waals surface area contributed by atoms with E-state index in [9.17, 15) is 4.79 Å². The van der Waals surface area contributed by atoms with Crippen molar-refractivity contribution in [2.75, 3.05) is 13.7 Å². The van der Waals surface area contributed by atoms with Crippen LogP contribution in [0.15, 0.2) is 18.3 Å². The summed E-state index contributed by atoms with van der Waals surface area (Å²) < 4.78 is 11.3. The molecule has 0 unspecified atom stereocenters. The van der Waals surface area contributed by atoms with Crippen LogP contribution in [0.5, 0.6) is 5.75 Å². The molecule has 0 bridgehead atoms. The quantitative estimate of drug-likeness (QED) is 0.738. The van der Waals surface area contributed by atoms with Crippen LogP contribution < -0.4 is 10.2 Å². The zero-order valence-corrected chi connectivity index (χ0v) is 8.82. The predicted octanol–water partition coefficient (Wildman–Crippen LogP) is 0.539. The first-order valence-electron chi connectivity index (χ1n) is 4.62. The summed E-state index contributed by atoms with van der Waals surface area (Å²) in [6.07, 6.45) is 1.60. The Labute approximate surface area is 87.8 Å². The second-order valence-corrected chi connectivity index (χ2v) is 2.89. The van der Waals surface area contributed by atoms with Gasteiger partial charge in [0.05, 0.1) is 13.7 Å². The van der Waals surface area contributed by atoms with Crippen molar-refractivity contribution in [1.29, 1.82) is 5.41 Å². The Morgan fingerprint density at radius 1 is 1.53 bits per heavy atom. The lowest BCUT2D eigenvalue weighted by Crippen LogP contribution is -2.24. The van der Waals surface area contributed by atoms with Gasteiger partial charge in [-0.15, -0.1) is 0 Å². The summed E-state index contributed by atoms with van der Waals surface area (Å²) in [5, 5.41) is 7.57. The number of aromatic nitrogens is 1. The fraction of sp³-hybridized carbons (Fsp3) is 0.400. The highest BCUT2D eigenvalue weighted by atomic mass is 16.5. The molecule has 0 saturated carbocycles. The lowest BCUT2D eigenvalue weighted by atomic mass is 10.4. The summed E-state index contributed by atoms with van der Waals surface area (Å²) >= 11 is 0. The van der Waals surface area contributed by atoms with Gasteiger partial charge in [0.1, 0.15) is 17.8 Å². The number of nitrogens with zero attached hydrogens (tertiary/aromatic N) is 1. The van der Waals surface area contributed by atoms with E-state index in [4.69, 9.17) is 14.9 Å². The van der Waals surface area contributed by atoms with Crippen molar-refractivity contribution < 1.29 is 14.3 Å². The average molecular weight is 210 g/mol. The Balaban J connectivity index is 2.84. The van der Waals surface area contributed by atoms with Crippen LogP contribution in [-0.2, 0) is 16.1 Å². The molecule has 0 aliphatic heterocycles. The van der Waals surface area contributed by atoms with Gasteiger partial charge < -0.3 is 14.0 Å². The number of carbonyl (C=O) groups excluding carboxylic acids is 1. The fourth-order valence-electron chi connectivity index (χ4n) is 1.12. The number of hydrogen-bond acceptors (Lipinski definition) is 4. The van der Waals surface area contributed by atoms with Crippen LogP contribution in [-0.4, -0.2) is 24.3 Å². The molecule has 82 valence electrons. The molecule has 15 heavy (non-hydrogen) atoms. The number of nitrogens with one attached hydrogen (secondary N) is 1. The summed E-state index contributed by atoms with van der Waals surface area (Å²) in [7, 11) is 1.54. The third-order valence-corrected chi connectivity index (χ3v) is 1.84. The van der Waals surface area contributed by atoms with Crippen LogP contribution in [0.4, 0.5) is 0 Å². The number of ether oxygens (including phenoxy) is 2. The fourth-order valence-corrected chi connectivity index (χ4v) is 1.12. The topological polar surface area (TPSA) is 64.3 Å². The third kappa shape index (κ3) is 3.12. The molecule has 5 heteroatoms. The summed E-state index contributed by atoms with van der Waals surface area (Å²) in [4.78, 5) is 11.2. The maximum Gasteiger partial charge on any atom is 0.326 e. The number of methoxy groups -OCH3 is 1. The van der Waals surface area contributed by atoms with Crippen molar-refractivity contribution in [2.45, 2.75) is 13.5 Å². The zero-order valence-electron chi connectivity index (χ0n) is 8.82. The van der Waals surface area contributed by atoms with Gasteiger partial charge >= 0.3 is 5.97 Å². The lowest BCUT2D eigenvalue weighted by Gasteiger charge is -2.08. The molecule has 1 aromatic rings. The lowest BCUT2D eigenvalue weighted by molar-refractivity contribution is -0.143. The summed E-state index contributed by atoms with van der Waals surface area (Å²) in [5.74, 6) is 0.250. The van der Waals surface area contributed by atoms with Crippen molar-refractivity contribution in [2.24, 2.45) is 0 Å². The second kappa shape index (κ2) is 5.19. The van der Waals surface area contributed by atoms with Gasteiger partial charge in [-0.3, -0.25) is 10.2 Å². The van der Waals surface area contributed by atoms with Crippen LogP contribution in [0.2, 0.25) is 0 Å². The normalized spacial score (nSPS) is 9.73. The van der Waals surface area contributed by atoms with Crippen molar-refractivity contribution in [3.63, 3.8) is 0 Å². The average Bonchev–Trinajstić information content (AvgIpc) is 2.21. The number of hydrogen-bond donors (Lipinski definition) is 1. The molecule has 0 amide bonds. The minimum Gasteiger partial charge on any atom is -0.495 e. The first kappa shape index (κ1) is 11.3. The minimum atomic E-state index is -0.357. The van der Waals surface area contributed by atoms with Gasteiger partial charge in [0, 0.05) is 6.20 Å². The molecule has 1 heterocycles. The number of rotatable bonds is 4. The Kier molecular flexibility index (Phi) is 3.91. The number of carbonyl (C=O) groups is 1. The van der Waals surface area contributed by atoms with E-state index in [0.29, 0.717) is 12.4 Å². The second-order valence-electron chi connectivity index (χ2n) is 2.89. The molecule has 0 radical (unpaired) electrons. The molecule has 1 aromatic heterocycles. The van der Waals surface area contributed by atoms with Crippen LogP contribution in [0.1, 0.15) is 6.92 Å². The van der Waals surface area contributed by atoms with Crippen molar-refractivity contribution in [3.8, 4) is 5.75 Å². The van der Waals surface area contributed by atoms with E-state index in [1.807, 2.05) is 0 Å². The predicted molar refractivity (Wildman–Crippen MR) is 53.5 cm³/mol. The SMILES string of the molecule is CCOC(=O)Cn1cc(OC)ccc1=N. The van der Waals surface area contributed by atoms with E-state index in [2.05, 4.69) is 0 Å². The Bertz CT molecular complexity index is 398.